The van der Waals surface area contributed by atoms with Crippen LogP contribution in [0.4, 0.5) is 0 Å². The van der Waals surface area contributed by atoms with Gasteiger partial charge in [-0.05, 0) is 44.2 Å². The van der Waals surface area contributed by atoms with Gasteiger partial charge in [-0.1, -0.05) is 35.5 Å². The van der Waals surface area contributed by atoms with Crippen molar-refractivity contribution in [3.05, 3.63) is 56.5 Å². The molecule has 1 N–H and O–H groups in total. The van der Waals surface area contributed by atoms with Crippen LogP contribution < -0.4 is 5.56 Å². The Balaban J connectivity index is 1.96. The normalized spacial score (nSPS) is 12.0. The van der Waals surface area contributed by atoms with Crippen LogP contribution in [-0.4, -0.2) is 22.2 Å². The van der Waals surface area contributed by atoms with Gasteiger partial charge in [-0.15, -0.1) is 0 Å². The number of nitrogens with zero attached hydrogens (tertiary/aromatic N) is 1. The molecule has 0 fully saturated rings. The molecule has 24 heavy (non-hydrogen) atoms. The smallest absolute Gasteiger partial charge is 0.306 e. The molecule has 0 spiro atoms. The van der Waals surface area contributed by atoms with Gasteiger partial charge in [0.1, 0.15) is 6.10 Å². The third-order valence-electron chi connectivity index (χ3n) is 3.62. The van der Waals surface area contributed by atoms with Crippen molar-refractivity contribution < 1.29 is 9.53 Å². The quantitative estimate of drug-likeness (QED) is 0.479. The summed E-state index contributed by atoms with van der Waals surface area (Å²) in [6.45, 7) is 3.57. The minimum Gasteiger partial charge on any atom is -0.458 e. The van der Waals surface area contributed by atoms with Crippen molar-refractivity contribution in [2.45, 2.75) is 37.9 Å². The summed E-state index contributed by atoms with van der Waals surface area (Å²) in [7, 11) is 0. The molecule has 1 atom stereocenters. The predicted molar refractivity (Wildman–Crippen MR) is 95.7 cm³/mol. The van der Waals surface area contributed by atoms with Crippen molar-refractivity contribution in [3.8, 4) is 0 Å². The number of aromatic nitrogens is 2. The molecule has 2 aromatic rings. The van der Waals surface area contributed by atoms with E-state index in [0.717, 1.165) is 5.56 Å². The molecule has 5 nitrogen and oxygen atoms in total. The number of carbonyl (C=O) groups excluding carboxylic acids is 1. The molecule has 1 unspecified atom stereocenters. The highest BCUT2D eigenvalue weighted by Gasteiger charge is 2.14. The summed E-state index contributed by atoms with van der Waals surface area (Å²) < 4.78 is 5.40. The van der Waals surface area contributed by atoms with Gasteiger partial charge in [-0.3, -0.25) is 9.59 Å². The number of nitrogens with one attached hydrogen (secondary N) is 1. The Morgan fingerprint density at radius 3 is 2.62 bits per heavy atom. The van der Waals surface area contributed by atoms with Crippen LogP contribution >= 0.6 is 23.4 Å². The number of esters is 1. The molecule has 0 aliphatic heterocycles. The molecule has 1 heterocycles. The van der Waals surface area contributed by atoms with Crippen LogP contribution in [0, 0.1) is 6.92 Å². The summed E-state index contributed by atoms with van der Waals surface area (Å²) in [5, 5.41) is 1.20. The molecule has 128 valence electrons. The van der Waals surface area contributed by atoms with Gasteiger partial charge in [0.2, 0.25) is 0 Å². The molecule has 1 aromatic heterocycles. The van der Waals surface area contributed by atoms with E-state index in [0.29, 0.717) is 27.9 Å². The molecule has 0 amide bonds. The summed E-state index contributed by atoms with van der Waals surface area (Å²) in [4.78, 5) is 31.0. The molecule has 0 saturated heterocycles. The van der Waals surface area contributed by atoms with Crippen molar-refractivity contribution in [3.63, 3.8) is 0 Å². The van der Waals surface area contributed by atoms with Gasteiger partial charge in [-0.25, -0.2) is 4.98 Å². The van der Waals surface area contributed by atoms with Crippen molar-refractivity contribution >= 4 is 29.3 Å². The lowest BCUT2D eigenvalue weighted by atomic mass is 10.1. The minimum absolute atomic E-state index is 0.127. The number of halogens is 1. The summed E-state index contributed by atoms with van der Waals surface area (Å²) in [6, 6.07) is 7.15. The Hall–Kier alpha value is -1.79. The lowest BCUT2D eigenvalue weighted by Crippen LogP contribution is -2.19. The minimum atomic E-state index is -0.369. The molecule has 0 aliphatic rings. The van der Waals surface area contributed by atoms with Crippen LogP contribution in [0.5, 0.6) is 0 Å². The van der Waals surface area contributed by atoms with Crippen LogP contribution in [0.1, 0.15) is 36.3 Å². The first-order valence-corrected chi connectivity index (χ1v) is 9.09. The fourth-order valence-corrected chi connectivity index (χ4v) is 2.81. The third-order valence-corrected chi connectivity index (χ3v) is 4.45. The SMILES string of the molecule is CSc1nc(C)c(CCC(=O)OC(C)c2ccc(Cl)cc2)c(=O)[nH]1. The van der Waals surface area contributed by atoms with Gasteiger partial charge < -0.3 is 9.72 Å². The van der Waals surface area contributed by atoms with Gasteiger partial charge in [0.25, 0.3) is 5.56 Å². The van der Waals surface area contributed by atoms with Crippen LogP contribution in [0.2, 0.25) is 5.02 Å². The Labute approximate surface area is 149 Å². The van der Waals surface area contributed by atoms with Crippen molar-refractivity contribution in [2.75, 3.05) is 6.26 Å². The topological polar surface area (TPSA) is 72.0 Å². The van der Waals surface area contributed by atoms with E-state index >= 15 is 0 Å². The van der Waals surface area contributed by atoms with E-state index in [4.69, 9.17) is 16.3 Å². The molecular formula is C17H19ClN2O3S. The van der Waals surface area contributed by atoms with E-state index in [9.17, 15) is 9.59 Å². The van der Waals surface area contributed by atoms with E-state index in [1.807, 2.05) is 18.4 Å². The van der Waals surface area contributed by atoms with Crippen molar-refractivity contribution in [1.29, 1.82) is 0 Å². The second-order valence-electron chi connectivity index (χ2n) is 5.32. The maximum absolute atomic E-state index is 12.0. The van der Waals surface area contributed by atoms with Crippen molar-refractivity contribution in [2.24, 2.45) is 0 Å². The van der Waals surface area contributed by atoms with E-state index in [-0.39, 0.29) is 24.1 Å². The number of hydrogen-bond acceptors (Lipinski definition) is 5. The second-order valence-corrected chi connectivity index (χ2v) is 6.55. The monoisotopic (exact) mass is 366 g/mol. The Morgan fingerprint density at radius 2 is 2.04 bits per heavy atom. The number of hydrogen-bond donors (Lipinski definition) is 1. The highest BCUT2D eigenvalue weighted by atomic mass is 35.5. The van der Waals surface area contributed by atoms with E-state index < -0.39 is 0 Å². The second kappa shape index (κ2) is 8.35. The zero-order chi connectivity index (χ0) is 17.7. The maximum atomic E-state index is 12.0. The molecule has 0 bridgehead atoms. The van der Waals surface area contributed by atoms with Gasteiger partial charge in [-0.2, -0.15) is 0 Å². The fourth-order valence-electron chi connectivity index (χ4n) is 2.26. The van der Waals surface area contributed by atoms with Gasteiger partial charge in [0.05, 0.1) is 0 Å². The third kappa shape index (κ3) is 4.85. The van der Waals surface area contributed by atoms with Crippen LogP contribution in [0.3, 0.4) is 0 Å². The van der Waals surface area contributed by atoms with E-state index in [2.05, 4.69) is 9.97 Å². The van der Waals surface area contributed by atoms with Crippen LogP contribution in [-0.2, 0) is 16.0 Å². The first-order chi connectivity index (χ1) is 11.4. The molecule has 2 rings (SSSR count). The molecule has 7 heteroatoms. The van der Waals surface area contributed by atoms with E-state index in [1.165, 1.54) is 11.8 Å². The average molecular weight is 367 g/mol. The first-order valence-electron chi connectivity index (χ1n) is 7.49. The largest absolute Gasteiger partial charge is 0.458 e. The number of ether oxygens (including phenoxy) is 1. The van der Waals surface area contributed by atoms with Crippen LogP contribution in [0.25, 0.3) is 0 Å². The lowest BCUT2D eigenvalue weighted by Gasteiger charge is -2.14. The Bertz CT molecular complexity index is 774. The lowest BCUT2D eigenvalue weighted by molar-refractivity contribution is -0.148. The van der Waals surface area contributed by atoms with Gasteiger partial charge >= 0.3 is 5.97 Å². The summed E-state index contributed by atoms with van der Waals surface area (Å²) in [5.74, 6) is -0.356. The average Bonchev–Trinajstić information content (AvgIpc) is 2.54. The number of benzene rings is 1. The number of thioether (sulfide) groups is 1. The molecular weight excluding hydrogens is 348 g/mol. The number of rotatable bonds is 6. The highest BCUT2D eigenvalue weighted by molar-refractivity contribution is 7.98. The maximum Gasteiger partial charge on any atom is 0.306 e. The highest BCUT2D eigenvalue weighted by Crippen LogP contribution is 2.20. The Kier molecular flexibility index (Phi) is 6.45. The molecule has 1 aromatic carbocycles. The predicted octanol–water partition coefficient (Wildman–Crippen LogP) is 3.69. The van der Waals surface area contributed by atoms with Gasteiger partial charge in [0, 0.05) is 22.7 Å². The van der Waals surface area contributed by atoms with Crippen LogP contribution in [0.15, 0.2) is 34.2 Å². The summed E-state index contributed by atoms with van der Waals surface area (Å²) in [6.07, 6.45) is 1.90. The fraction of sp³-hybridized carbons (Fsp3) is 0.353. The molecule has 0 saturated carbocycles. The van der Waals surface area contributed by atoms with E-state index in [1.54, 1.807) is 26.0 Å². The molecule has 0 aliphatic carbocycles. The number of H-pyrrole nitrogens is 1. The number of aromatic amines is 1. The summed E-state index contributed by atoms with van der Waals surface area (Å²) >= 11 is 7.21. The standard InChI is InChI=1S/C17H19ClN2O3S/c1-10-14(16(22)20-17(19-10)24-3)8-9-15(21)23-11(2)12-4-6-13(18)7-5-12/h4-7,11H,8-9H2,1-3H3,(H,19,20,22). The van der Waals surface area contributed by atoms with Gasteiger partial charge in [0.15, 0.2) is 5.16 Å². The first kappa shape index (κ1) is 18.5. The molecule has 0 radical (unpaired) electrons. The zero-order valence-corrected chi connectivity index (χ0v) is 15.3. The summed E-state index contributed by atoms with van der Waals surface area (Å²) in [5.41, 5.74) is 1.82. The Morgan fingerprint density at radius 1 is 1.38 bits per heavy atom. The number of carbonyl (C=O) groups is 1. The van der Waals surface area contributed by atoms with Crippen molar-refractivity contribution in [1.82, 2.24) is 9.97 Å². The zero-order valence-electron chi connectivity index (χ0n) is 13.8. The number of aryl methyl sites for hydroxylation is 1.